The van der Waals surface area contributed by atoms with Gasteiger partial charge in [-0.25, -0.2) is 0 Å². The van der Waals surface area contributed by atoms with E-state index in [4.69, 9.17) is 0 Å². The minimum atomic E-state index is -0.715. The molecule has 1 aromatic heterocycles. The minimum absolute atomic E-state index is 0.0503. The van der Waals surface area contributed by atoms with E-state index in [2.05, 4.69) is 0 Å². The molecule has 5 heteroatoms. The van der Waals surface area contributed by atoms with Crippen molar-refractivity contribution >= 4 is 17.7 Å². The number of hydrogen-bond acceptors (Lipinski definition) is 3. The number of hydrogen-bond donors (Lipinski definition) is 1. The summed E-state index contributed by atoms with van der Waals surface area (Å²) >= 11 is 1.81. The normalized spacial score (nSPS) is 18.2. The number of aliphatic carboxylic acids is 1. The van der Waals surface area contributed by atoms with Crippen LogP contribution in [0.2, 0.25) is 0 Å². The zero-order valence-electron chi connectivity index (χ0n) is 11.1. The van der Waals surface area contributed by atoms with Gasteiger partial charge in [0.05, 0.1) is 5.41 Å². The molecule has 1 aromatic rings. The summed E-state index contributed by atoms with van der Waals surface area (Å²) in [6.45, 7) is 2.36. The van der Waals surface area contributed by atoms with Crippen molar-refractivity contribution in [2.24, 2.45) is 5.41 Å². The van der Waals surface area contributed by atoms with E-state index in [0.29, 0.717) is 25.8 Å². The molecule has 0 aliphatic carbocycles. The van der Waals surface area contributed by atoms with Crippen LogP contribution in [0.3, 0.4) is 0 Å². The van der Waals surface area contributed by atoms with E-state index in [0.717, 1.165) is 17.1 Å². The predicted octanol–water partition coefficient (Wildman–Crippen LogP) is 2.14. The van der Waals surface area contributed by atoms with Crippen molar-refractivity contribution < 1.29 is 9.90 Å². The van der Waals surface area contributed by atoms with E-state index in [1.54, 1.807) is 16.8 Å². The molecule has 0 aromatic carbocycles. The van der Waals surface area contributed by atoms with Crippen molar-refractivity contribution in [1.29, 1.82) is 0 Å². The molecule has 0 bridgehead atoms. The van der Waals surface area contributed by atoms with Crippen molar-refractivity contribution in [3.05, 3.63) is 34.2 Å². The molecule has 1 N–H and O–H groups in total. The van der Waals surface area contributed by atoms with Gasteiger partial charge in [-0.2, -0.15) is 11.8 Å². The summed E-state index contributed by atoms with van der Waals surface area (Å²) in [7, 11) is 0. The number of carbonyl (C=O) groups is 1. The maximum atomic E-state index is 11.8. The van der Waals surface area contributed by atoms with Gasteiger partial charge in [-0.05, 0) is 49.3 Å². The second kappa shape index (κ2) is 5.82. The molecule has 0 saturated carbocycles. The second-order valence-corrected chi connectivity index (χ2v) is 6.41. The number of rotatable bonds is 4. The van der Waals surface area contributed by atoms with Crippen LogP contribution >= 0.6 is 11.8 Å². The van der Waals surface area contributed by atoms with Crippen LogP contribution in [0.15, 0.2) is 23.1 Å². The average Bonchev–Trinajstić information content (AvgIpc) is 2.38. The van der Waals surface area contributed by atoms with Gasteiger partial charge in [0.2, 0.25) is 0 Å². The molecule has 2 heterocycles. The Morgan fingerprint density at radius 1 is 1.47 bits per heavy atom. The SMILES string of the molecule is Cc1ccn(CCC2(C(=O)O)CCSCC2)c(=O)c1. The van der Waals surface area contributed by atoms with E-state index >= 15 is 0 Å². The molecule has 1 saturated heterocycles. The van der Waals surface area contributed by atoms with Crippen LogP contribution in [-0.4, -0.2) is 27.1 Å². The number of pyridine rings is 1. The van der Waals surface area contributed by atoms with E-state index < -0.39 is 11.4 Å². The third-order valence-electron chi connectivity index (χ3n) is 3.89. The third kappa shape index (κ3) is 3.21. The number of thioether (sulfide) groups is 1. The van der Waals surface area contributed by atoms with Gasteiger partial charge in [-0.1, -0.05) is 0 Å². The van der Waals surface area contributed by atoms with Crippen LogP contribution in [0.25, 0.3) is 0 Å². The van der Waals surface area contributed by atoms with Crippen LogP contribution in [0, 0.1) is 12.3 Å². The van der Waals surface area contributed by atoms with Crippen molar-refractivity contribution in [2.45, 2.75) is 32.7 Å². The van der Waals surface area contributed by atoms with Gasteiger partial charge in [0.15, 0.2) is 0 Å². The van der Waals surface area contributed by atoms with Gasteiger partial charge in [0, 0.05) is 18.8 Å². The summed E-state index contributed by atoms with van der Waals surface area (Å²) in [6, 6.07) is 3.47. The summed E-state index contributed by atoms with van der Waals surface area (Å²) in [4.78, 5) is 23.3. The van der Waals surface area contributed by atoms with E-state index in [1.165, 1.54) is 0 Å². The van der Waals surface area contributed by atoms with Gasteiger partial charge < -0.3 is 9.67 Å². The highest BCUT2D eigenvalue weighted by atomic mass is 32.2. The number of carboxylic acids is 1. The van der Waals surface area contributed by atoms with Crippen molar-refractivity contribution in [2.75, 3.05) is 11.5 Å². The highest BCUT2D eigenvalue weighted by molar-refractivity contribution is 7.99. The zero-order valence-corrected chi connectivity index (χ0v) is 11.9. The Labute approximate surface area is 116 Å². The summed E-state index contributed by atoms with van der Waals surface area (Å²) in [5, 5.41) is 9.48. The maximum Gasteiger partial charge on any atom is 0.309 e. The molecule has 19 heavy (non-hydrogen) atoms. The van der Waals surface area contributed by atoms with Crippen LogP contribution < -0.4 is 5.56 Å². The van der Waals surface area contributed by atoms with Gasteiger partial charge in [0.1, 0.15) is 0 Å². The zero-order chi connectivity index (χ0) is 13.9. The smallest absolute Gasteiger partial charge is 0.309 e. The highest BCUT2D eigenvalue weighted by Gasteiger charge is 2.39. The standard InChI is InChI=1S/C14H19NO3S/c1-11-2-6-15(12(16)10-11)7-3-14(13(17)18)4-8-19-9-5-14/h2,6,10H,3-5,7-9H2,1H3,(H,17,18). The first kappa shape index (κ1) is 14.2. The number of carboxylic acid groups (broad SMARTS) is 1. The molecular formula is C14H19NO3S. The summed E-state index contributed by atoms with van der Waals surface area (Å²) in [5.74, 6) is 1.08. The topological polar surface area (TPSA) is 59.3 Å². The van der Waals surface area contributed by atoms with Gasteiger partial charge >= 0.3 is 5.97 Å². The summed E-state index contributed by atoms with van der Waals surface area (Å²) in [5.41, 5.74) is 0.240. The lowest BCUT2D eigenvalue weighted by molar-refractivity contribution is -0.150. The van der Waals surface area contributed by atoms with Crippen LogP contribution in [0.1, 0.15) is 24.8 Å². The fourth-order valence-corrected chi connectivity index (χ4v) is 3.73. The van der Waals surface area contributed by atoms with Gasteiger partial charge in [0.25, 0.3) is 5.56 Å². The molecule has 0 unspecified atom stereocenters. The minimum Gasteiger partial charge on any atom is -0.481 e. The lowest BCUT2D eigenvalue weighted by Crippen LogP contribution is -2.37. The van der Waals surface area contributed by atoms with E-state index in [1.807, 2.05) is 24.8 Å². The molecule has 1 aliphatic heterocycles. The fourth-order valence-electron chi connectivity index (χ4n) is 2.46. The molecule has 4 nitrogen and oxygen atoms in total. The van der Waals surface area contributed by atoms with Crippen molar-refractivity contribution in [3.63, 3.8) is 0 Å². The Balaban J connectivity index is 2.11. The second-order valence-electron chi connectivity index (χ2n) is 5.18. The van der Waals surface area contributed by atoms with Crippen LogP contribution in [0.4, 0.5) is 0 Å². The third-order valence-corrected chi connectivity index (χ3v) is 4.87. The first-order valence-electron chi connectivity index (χ1n) is 6.52. The number of aryl methyl sites for hydroxylation is 2. The monoisotopic (exact) mass is 281 g/mol. The molecule has 0 amide bonds. The Morgan fingerprint density at radius 2 is 2.16 bits per heavy atom. The lowest BCUT2D eigenvalue weighted by atomic mass is 9.79. The Kier molecular flexibility index (Phi) is 4.34. The molecule has 1 aliphatic rings. The first-order chi connectivity index (χ1) is 9.03. The van der Waals surface area contributed by atoms with Gasteiger partial charge in [-0.3, -0.25) is 9.59 Å². The molecule has 2 rings (SSSR count). The van der Waals surface area contributed by atoms with Crippen molar-refractivity contribution in [1.82, 2.24) is 4.57 Å². The average molecular weight is 281 g/mol. The summed E-state index contributed by atoms with van der Waals surface area (Å²) in [6.07, 6.45) is 3.69. The highest BCUT2D eigenvalue weighted by Crippen LogP contribution is 2.38. The molecule has 0 radical (unpaired) electrons. The molecule has 0 spiro atoms. The van der Waals surface area contributed by atoms with Crippen molar-refractivity contribution in [3.8, 4) is 0 Å². The van der Waals surface area contributed by atoms with E-state index in [-0.39, 0.29) is 5.56 Å². The number of nitrogens with zero attached hydrogens (tertiary/aromatic N) is 1. The van der Waals surface area contributed by atoms with E-state index in [9.17, 15) is 14.7 Å². The largest absolute Gasteiger partial charge is 0.481 e. The lowest BCUT2D eigenvalue weighted by Gasteiger charge is -2.33. The Bertz CT molecular complexity index is 518. The predicted molar refractivity (Wildman–Crippen MR) is 76.7 cm³/mol. The maximum absolute atomic E-state index is 11.8. The van der Waals surface area contributed by atoms with Gasteiger partial charge in [-0.15, -0.1) is 0 Å². The number of aromatic nitrogens is 1. The quantitative estimate of drug-likeness (QED) is 0.918. The Morgan fingerprint density at radius 3 is 2.74 bits per heavy atom. The molecule has 1 fully saturated rings. The fraction of sp³-hybridized carbons (Fsp3) is 0.571. The molecular weight excluding hydrogens is 262 g/mol. The first-order valence-corrected chi connectivity index (χ1v) is 7.67. The molecule has 104 valence electrons. The molecule has 0 atom stereocenters. The van der Waals surface area contributed by atoms with Crippen LogP contribution in [-0.2, 0) is 11.3 Å². The Hall–Kier alpha value is -1.23. The van der Waals surface area contributed by atoms with Crippen LogP contribution in [0.5, 0.6) is 0 Å². The summed E-state index contributed by atoms with van der Waals surface area (Å²) < 4.78 is 1.61.